The second kappa shape index (κ2) is 5.14. The van der Waals surface area contributed by atoms with Crippen molar-refractivity contribution in [1.82, 2.24) is 0 Å². The molecule has 0 aromatic heterocycles. The summed E-state index contributed by atoms with van der Waals surface area (Å²) in [6, 6.07) is 11.9. The van der Waals surface area contributed by atoms with E-state index in [-0.39, 0.29) is 0 Å². The van der Waals surface area contributed by atoms with Crippen molar-refractivity contribution in [3.05, 3.63) is 59.7 Å². The van der Waals surface area contributed by atoms with E-state index >= 15 is 0 Å². The summed E-state index contributed by atoms with van der Waals surface area (Å²) in [4.78, 5) is 0. The molecule has 0 atom stereocenters. The molecule has 1 N–H and O–H groups in total. The van der Waals surface area contributed by atoms with Crippen molar-refractivity contribution in [1.29, 1.82) is 0 Å². The summed E-state index contributed by atoms with van der Waals surface area (Å²) in [6.07, 6.45) is -3.05. The summed E-state index contributed by atoms with van der Waals surface area (Å²) in [5, 5.41) is 11.3. The first-order valence-corrected chi connectivity index (χ1v) is 5.46. The highest BCUT2D eigenvalue weighted by molar-refractivity contribution is 5.80. The van der Waals surface area contributed by atoms with Gasteiger partial charge in [-0.15, -0.1) is 0 Å². The minimum Gasteiger partial charge on any atom is -0.411 e. The third-order valence-electron chi connectivity index (χ3n) is 2.66. The SMILES string of the molecule is ON=Cc1ccc(-c2ccc(C(F)(F)F)cc2)cc1. The molecule has 2 nitrogen and oxygen atoms in total. The molecule has 2 rings (SSSR count). The fraction of sp³-hybridized carbons (Fsp3) is 0.0714. The molecular formula is C14H10F3NO. The van der Waals surface area contributed by atoms with Crippen LogP contribution in [0.3, 0.4) is 0 Å². The Morgan fingerprint density at radius 1 is 0.842 bits per heavy atom. The van der Waals surface area contributed by atoms with Gasteiger partial charge in [0.2, 0.25) is 0 Å². The fourth-order valence-corrected chi connectivity index (χ4v) is 1.68. The number of benzene rings is 2. The van der Waals surface area contributed by atoms with Crippen molar-refractivity contribution in [2.45, 2.75) is 6.18 Å². The molecule has 0 aliphatic carbocycles. The molecule has 19 heavy (non-hydrogen) atoms. The average Bonchev–Trinajstić information content (AvgIpc) is 2.39. The van der Waals surface area contributed by atoms with Crippen molar-refractivity contribution in [3.8, 4) is 11.1 Å². The molecule has 0 saturated heterocycles. The number of nitrogens with zero attached hydrogens (tertiary/aromatic N) is 1. The third kappa shape index (κ3) is 3.13. The second-order valence-corrected chi connectivity index (χ2v) is 3.94. The molecule has 0 amide bonds. The molecular weight excluding hydrogens is 255 g/mol. The van der Waals surface area contributed by atoms with Crippen molar-refractivity contribution in [3.63, 3.8) is 0 Å². The van der Waals surface area contributed by atoms with E-state index < -0.39 is 11.7 Å². The lowest BCUT2D eigenvalue weighted by atomic mass is 10.0. The summed E-state index contributed by atoms with van der Waals surface area (Å²) in [5.41, 5.74) is 1.53. The van der Waals surface area contributed by atoms with Crippen molar-refractivity contribution in [2.24, 2.45) is 5.16 Å². The third-order valence-corrected chi connectivity index (χ3v) is 2.66. The van der Waals surface area contributed by atoms with Gasteiger partial charge in [-0.1, -0.05) is 41.6 Å². The van der Waals surface area contributed by atoms with Gasteiger partial charge in [0.15, 0.2) is 0 Å². The Morgan fingerprint density at radius 2 is 1.32 bits per heavy atom. The molecule has 0 heterocycles. The van der Waals surface area contributed by atoms with Gasteiger partial charge in [0, 0.05) is 0 Å². The van der Waals surface area contributed by atoms with Gasteiger partial charge in [0.05, 0.1) is 11.8 Å². The van der Waals surface area contributed by atoms with E-state index in [0.717, 1.165) is 17.7 Å². The maximum atomic E-state index is 12.4. The zero-order valence-corrected chi connectivity index (χ0v) is 9.72. The van der Waals surface area contributed by atoms with Crippen LogP contribution < -0.4 is 0 Å². The largest absolute Gasteiger partial charge is 0.416 e. The van der Waals surface area contributed by atoms with Crippen molar-refractivity contribution < 1.29 is 18.4 Å². The average molecular weight is 265 g/mol. The van der Waals surface area contributed by atoms with Crippen LogP contribution in [0, 0.1) is 0 Å². The first-order chi connectivity index (χ1) is 9.00. The van der Waals surface area contributed by atoms with Crippen molar-refractivity contribution in [2.75, 3.05) is 0 Å². The highest BCUT2D eigenvalue weighted by Gasteiger charge is 2.29. The highest BCUT2D eigenvalue weighted by atomic mass is 19.4. The number of rotatable bonds is 2. The van der Waals surface area contributed by atoms with Gasteiger partial charge in [0.25, 0.3) is 0 Å². The molecule has 0 fully saturated rings. The molecule has 2 aromatic rings. The summed E-state index contributed by atoms with van der Waals surface area (Å²) < 4.78 is 37.3. The van der Waals surface area contributed by atoms with E-state index in [1.54, 1.807) is 24.3 Å². The Morgan fingerprint density at radius 3 is 1.74 bits per heavy atom. The minimum absolute atomic E-state index is 0.666. The first kappa shape index (κ1) is 13.1. The monoisotopic (exact) mass is 265 g/mol. The zero-order valence-electron chi connectivity index (χ0n) is 9.72. The van der Waals surface area contributed by atoms with Gasteiger partial charge in [-0.25, -0.2) is 0 Å². The Hall–Kier alpha value is -2.30. The number of halogens is 3. The van der Waals surface area contributed by atoms with E-state index in [0.29, 0.717) is 11.1 Å². The smallest absolute Gasteiger partial charge is 0.411 e. The van der Waals surface area contributed by atoms with Crippen molar-refractivity contribution >= 4 is 6.21 Å². The number of alkyl halides is 3. The standard InChI is InChI=1S/C14H10F3NO/c15-14(16,17)13-7-5-12(6-8-13)11-3-1-10(2-4-11)9-18-19/h1-9,19H. The minimum atomic E-state index is -4.32. The summed E-state index contributed by atoms with van der Waals surface area (Å²) in [6.45, 7) is 0. The predicted octanol–water partition coefficient (Wildman–Crippen LogP) is 4.18. The number of hydrogen-bond acceptors (Lipinski definition) is 2. The summed E-state index contributed by atoms with van der Waals surface area (Å²) in [5.74, 6) is 0. The molecule has 0 radical (unpaired) electrons. The lowest BCUT2D eigenvalue weighted by Gasteiger charge is -2.07. The van der Waals surface area contributed by atoms with E-state index in [1.165, 1.54) is 18.3 Å². The van der Waals surface area contributed by atoms with Crippen LogP contribution in [0.15, 0.2) is 53.7 Å². The molecule has 5 heteroatoms. The van der Waals surface area contributed by atoms with Gasteiger partial charge >= 0.3 is 6.18 Å². The Bertz CT molecular complexity index is 571. The van der Waals surface area contributed by atoms with E-state index in [4.69, 9.17) is 5.21 Å². The molecule has 0 aliphatic rings. The van der Waals surface area contributed by atoms with Crippen LogP contribution in [-0.2, 0) is 6.18 Å². The van der Waals surface area contributed by atoms with Crippen LogP contribution in [0.5, 0.6) is 0 Å². The maximum absolute atomic E-state index is 12.4. The summed E-state index contributed by atoms with van der Waals surface area (Å²) in [7, 11) is 0. The zero-order chi connectivity index (χ0) is 13.9. The quantitative estimate of drug-likeness (QED) is 0.493. The Balaban J connectivity index is 2.27. The molecule has 0 bridgehead atoms. The van der Waals surface area contributed by atoms with Gasteiger partial charge in [-0.2, -0.15) is 13.2 Å². The molecule has 0 unspecified atom stereocenters. The molecule has 2 aromatic carbocycles. The van der Waals surface area contributed by atoms with Crippen LogP contribution in [0.2, 0.25) is 0 Å². The van der Waals surface area contributed by atoms with Crippen LogP contribution in [-0.4, -0.2) is 11.4 Å². The molecule has 0 aliphatic heterocycles. The topological polar surface area (TPSA) is 32.6 Å². The first-order valence-electron chi connectivity index (χ1n) is 5.46. The van der Waals surface area contributed by atoms with E-state index in [1.807, 2.05) is 0 Å². The van der Waals surface area contributed by atoms with Crippen LogP contribution >= 0.6 is 0 Å². The fourth-order valence-electron chi connectivity index (χ4n) is 1.68. The van der Waals surface area contributed by atoms with Gasteiger partial charge < -0.3 is 5.21 Å². The Kier molecular flexibility index (Phi) is 3.55. The lowest BCUT2D eigenvalue weighted by Crippen LogP contribution is -2.03. The van der Waals surface area contributed by atoms with Gasteiger partial charge in [-0.05, 0) is 28.8 Å². The molecule has 0 saturated carbocycles. The summed E-state index contributed by atoms with van der Waals surface area (Å²) >= 11 is 0. The predicted molar refractivity (Wildman–Crippen MR) is 66.3 cm³/mol. The number of oxime groups is 1. The maximum Gasteiger partial charge on any atom is 0.416 e. The van der Waals surface area contributed by atoms with Gasteiger partial charge in [0.1, 0.15) is 0 Å². The number of hydrogen-bond donors (Lipinski definition) is 1. The van der Waals surface area contributed by atoms with Gasteiger partial charge in [-0.3, -0.25) is 0 Å². The van der Waals surface area contributed by atoms with Crippen LogP contribution in [0.1, 0.15) is 11.1 Å². The van der Waals surface area contributed by atoms with Crippen LogP contribution in [0.25, 0.3) is 11.1 Å². The van der Waals surface area contributed by atoms with Crippen LogP contribution in [0.4, 0.5) is 13.2 Å². The lowest BCUT2D eigenvalue weighted by molar-refractivity contribution is -0.137. The second-order valence-electron chi connectivity index (χ2n) is 3.94. The Labute approximate surface area is 107 Å². The normalized spacial score (nSPS) is 11.9. The van der Waals surface area contributed by atoms with E-state index in [2.05, 4.69) is 5.16 Å². The highest BCUT2D eigenvalue weighted by Crippen LogP contribution is 2.30. The molecule has 98 valence electrons. The molecule has 0 spiro atoms. The van der Waals surface area contributed by atoms with E-state index in [9.17, 15) is 13.2 Å².